The molecule has 0 saturated heterocycles. The highest BCUT2D eigenvalue weighted by molar-refractivity contribution is 5.95. The van der Waals surface area contributed by atoms with Crippen molar-refractivity contribution in [2.45, 2.75) is 26.4 Å². The minimum Gasteiger partial charge on any atom is -0.454 e. The van der Waals surface area contributed by atoms with Gasteiger partial charge in [-0.3, -0.25) is 14.4 Å². The smallest absolute Gasteiger partial charge is 0.328 e. The molecule has 0 aliphatic rings. The number of aromatic nitrogens is 3. The number of carbonyl (C=O) groups excluding carboxylic acids is 2. The van der Waals surface area contributed by atoms with Crippen LogP contribution in [0.1, 0.15) is 13.8 Å². The first-order chi connectivity index (χ1) is 16.9. The van der Waals surface area contributed by atoms with E-state index in [-0.39, 0.29) is 11.9 Å². The van der Waals surface area contributed by atoms with E-state index in [1.165, 1.54) is 0 Å². The molecule has 0 unspecified atom stereocenters. The SMILES string of the molecule is CC(C)N(C(=O)COC(=O)Cn1nnc2ccccc2c1=O)c1ccc(Nc2ccccc2)cc1. The molecule has 9 heteroatoms. The lowest BCUT2D eigenvalue weighted by Crippen LogP contribution is -2.40. The first-order valence-corrected chi connectivity index (χ1v) is 11.1. The molecular weight excluding hydrogens is 446 g/mol. The Hall–Kier alpha value is -4.53. The average Bonchev–Trinajstić information content (AvgIpc) is 2.86. The number of rotatable bonds is 8. The highest BCUT2D eigenvalue weighted by Crippen LogP contribution is 2.23. The van der Waals surface area contributed by atoms with Crippen molar-refractivity contribution in [3.63, 3.8) is 0 Å². The van der Waals surface area contributed by atoms with Crippen molar-refractivity contribution in [1.82, 2.24) is 15.0 Å². The van der Waals surface area contributed by atoms with E-state index >= 15 is 0 Å². The lowest BCUT2D eigenvalue weighted by atomic mass is 10.2. The number of carbonyl (C=O) groups is 2. The van der Waals surface area contributed by atoms with Gasteiger partial charge < -0.3 is 15.0 Å². The van der Waals surface area contributed by atoms with Crippen LogP contribution in [0.2, 0.25) is 0 Å². The van der Waals surface area contributed by atoms with Crippen molar-refractivity contribution < 1.29 is 14.3 Å². The third-order valence-corrected chi connectivity index (χ3v) is 5.26. The summed E-state index contributed by atoms with van der Waals surface area (Å²) in [6, 6.07) is 23.7. The summed E-state index contributed by atoms with van der Waals surface area (Å²) < 4.78 is 6.08. The van der Waals surface area contributed by atoms with Gasteiger partial charge >= 0.3 is 5.97 Å². The Morgan fingerprint density at radius 1 is 0.943 bits per heavy atom. The van der Waals surface area contributed by atoms with Crippen LogP contribution < -0.4 is 15.8 Å². The van der Waals surface area contributed by atoms with Gasteiger partial charge in [0.2, 0.25) is 0 Å². The van der Waals surface area contributed by atoms with E-state index in [4.69, 9.17) is 4.74 Å². The van der Waals surface area contributed by atoms with Gasteiger partial charge in [-0.1, -0.05) is 35.5 Å². The molecule has 0 aliphatic heterocycles. The normalized spacial score (nSPS) is 10.8. The molecule has 0 radical (unpaired) electrons. The van der Waals surface area contributed by atoms with Gasteiger partial charge in [-0.25, -0.2) is 0 Å². The summed E-state index contributed by atoms with van der Waals surface area (Å²) in [6.45, 7) is 2.85. The van der Waals surface area contributed by atoms with Crippen molar-refractivity contribution in [3.05, 3.63) is 89.2 Å². The van der Waals surface area contributed by atoms with Gasteiger partial charge in [0, 0.05) is 23.1 Å². The number of amides is 1. The first kappa shape index (κ1) is 23.6. The minimum absolute atomic E-state index is 0.164. The van der Waals surface area contributed by atoms with E-state index in [1.54, 1.807) is 29.2 Å². The number of para-hydroxylation sites is 1. The summed E-state index contributed by atoms with van der Waals surface area (Å²) >= 11 is 0. The molecule has 1 heterocycles. The molecule has 3 aromatic carbocycles. The second kappa shape index (κ2) is 10.6. The van der Waals surface area contributed by atoms with Crippen LogP contribution in [0.25, 0.3) is 10.9 Å². The predicted molar refractivity (Wildman–Crippen MR) is 134 cm³/mol. The van der Waals surface area contributed by atoms with Crippen LogP contribution in [0.5, 0.6) is 0 Å². The van der Waals surface area contributed by atoms with Gasteiger partial charge in [-0.2, -0.15) is 4.68 Å². The Balaban J connectivity index is 1.38. The number of fused-ring (bicyclic) bond motifs is 1. The van der Waals surface area contributed by atoms with E-state index < -0.39 is 24.7 Å². The quantitative estimate of drug-likeness (QED) is 0.392. The number of esters is 1. The lowest BCUT2D eigenvalue weighted by Gasteiger charge is -2.27. The molecule has 178 valence electrons. The summed E-state index contributed by atoms with van der Waals surface area (Å²) in [7, 11) is 0. The molecule has 1 N–H and O–H groups in total. The molecule has 0 fully saturated rings. The van der Waals surface area contributed by atoms with E-state index in [0.29, 0.717) is 16.6 Å². The van der Waals surface area contributed by atoms with E-state index in [2.05, 4.69) is 15.6 Å². The Labute approximate surface area is 201 Å². The van der Waals surface area contributed by atoms with Gasteiger partial charge in [-0.15, -0.1) is 5.10 Å². The molecule has 1 amide bonds. The maximum Gasteiger partial charge on any atom is 0.328 e. The fourth-order valence-corrected chi connectivity index (χ4v) is 3.63. The Kier molecular flexibility index (Phi) is 7.15. The van der Waals surface area contributed by atoms with E-state index in [1.807, 2.05) is 68.4 Å². The summed E-state index contributed by atoms with van der Waals surface area (Å²) in [4.78, 5) is 39.3. The maximum atomic E-state index is 12.9. The molecule has 4 aromatic rings. The van der Waals surface area contributed by atoms with Gasteiger partial charge in [0.1, 0.15) is 12.1 Å². The number of nitrogens with zero attached hydrogens (tertiary/aromatic N) is 4. The van der Waals surface area contributed by atoms with Gasteiger partial charge in [0.15, 0.2) is 6.61 Å². The number of anilines is 3. The Morgan fingerprint density at radius 3 is 2.31 bits per heavy atom. The molecule has 0 saturated carbocycles. The fourth-order valence-electron chi connectivity index (χ4n) is 3.63. The van der Waals surface area contributed by atoms with Crippen molar-refractivity contribution in [1.29, 1.82) is 0 Å². The molecule has 1 aromatic heterocycles. The van der Waals surface area contributed by atoms with Crippen molar-refractivity contribution in [3.8, 4) is 0 Å². The van der Waals surface area contributed by atoms with Crippen LogP contribution in [0.3, 0.4) is 0 Å². The topological polar surface area (TPSA) is 106 Å². The van der Waals surface area contributed by atoms with Crippen LogP contribution in [-0.4, -0.2) is 39.5 Å². The van der Waals surface area contributed by atoms with Crippen molar-refractivity contribution in [2.75, 3.05) is 16.8 Å². The fraction of sp³-hybridized carbons (Fsp3) is 0.192. The lowest BCUT2D eigenvalue weighted by molar-refractivity contribution is -0.148. The van der Waals surface area contributed by atoms with E-state index in [0.717, 1.165) is 16.1 Å². The molecule has 9 nitrogen and oxygen atoms in total. The standard InChI is InChI=1S/C26H25N5O4/c1-18(2)31(21-14-12-20(13-15-21)27-19-8-4-3-5-9-19)24(32)17-35-25(33)16-30-26(34)22-10-6-7-11-23(22)28-29-30/h3-15,18,27H,16-17H2,1-2H3. The largest absolute Gasteiger partial charge is 0.454 e. The maximum absolute atomic E-state index is 12.9. The van der Waals surface area contributed by atoms with Crippen LogP contribution in [0.15, 0.2) is 83.7 Å². The third kappa shape index (κ3) is 5.70. The molecule has 0 atom stereocenters. The zero-order chi connectivity index (χ0) is 24.8. The molecule has 35 heavy (non-hydrogen) atoms. The molecule has 0 spiro atoms. The van der Waals surface area contributed by atoms with Crippen LogP contribution >= 0.6 is 0 Å². The number of nitrogens with one attached hydrogen (secondary N) is 1. The molecular formula is C26H25N5O4. The zero-order valence-corrected chi connectivity index (χ0v) is 19.4. The average molecular weight is 472 g/mol. The number of benzene rings is 3. The van der Waals surface area contributed by atoms with Crippen molar-refractivity contribution in [2.24, 2.45) is 0 Å². The van der Waals surface area contributed by atoms with Crippen LogP contribution in [0.4, 0.5) is 17.1 Å². The monoisotopic (exact) mass is 471 g/mol. The highest BCUT2D eigenvalue weighted by atomic mass is 16.5. The third-order valence-electron chi connectivity index (χ3n) is 5.26. The summed E-state index contributed by atoms with van der Waals surface area (Å²) in [6.07, 6.45) is 0. The number of ether oxygens (including phenoxy) is 1. The predicted octanol–water partition coefficient (Wildman–Crippen LogP) is 3.52. The zero-order valence-electron chi connectivity index (χ0n) is 19.4. The molecule has 0 bridgehead atoms. The van der Waals surface area contributed by atoms with E-state index in [9.17, 15) is 14.4 Å². The minimum atomic E-state index is -0.754. The van der Waals surface area contributed by atoms with Gasteiger partial charge in [0.25, 0.3) is 11.5 Å². The highest BCUT2D eigenvalue weighted by Gasteiger charge is 2.21. The van der Waals surface area contributed by atoms with Crippen LogP contribution in [0, 0.1) is 0 Å². The van der Waals surface area contributed by atoms with Crippen molar-refractivity contribution >= 4 is 39.8 Å². The summed E-state index contributed by atoms with van der Waals surface area (Å²) in [5, 5.41) is 11.4. The summed E-state index contributed by atoms with van der Waals surface area (Å²) in [5.41, 5.74) is 2.50. The van der Waals surface area contributed by atoms with Gasteiger partial charge in [0.05, 0.1) is 5.39 Å². The number of hydrogen-bond donors (Lipinski definition) is 1. The second-order valence-electron chi connectivity index (χ2n) is 8.13. The molecule has 0 aliphatic carbocycles. The number of hydrogen-bond acceptors (Lipinski definition) is 7. The Bertz CT molecular complexity index is 1380. The van der Waals surface area contributed by atoms with Gasteiger partial charge in [-0.05, 0) is 62.4 Å². The second-order valence-corrected chi connectivity index (χ2v) is 8.13. The first-order valence-electron chi connectivity index (χ1n) is 11.1. The summed E-state index contributed by atoms with van der Waals surface area (Å²) in [5.74, 6) is -1.13. The Morgan fingerprint density at radius 2 is 1.60 bits per heavy atom. The molecule has 4 rings (SSSR count). The van der Waals surface area contributed by atoms with Crippen LogP contribution in [-0.2, 0) is 20.9 Å².